The summed E-state index contributed by atoms with van der Waals surface area (Å²) < 4.78 is 0. The summed E-state index contributed by atoms with van der Waals surface area (Å²) in [7, 11) is 0. The molecule has 0 saturated carbocycles. The maximum atomic E-state index is 11.1. The number of nitrogens with one attached hydrogen (secondary N) is 1. The zero-order valence-electron chi connectivity index (χ0n) is 13.0. The number of hydrogen-bond donors (Lipinski definition) is 2. The minimum absolute atomic E-state index is 0.0915. The lowest BCUT2D eigenvalue weighted by molar-refractivity contribution is -0.114. The summed E-state index contributed by atoms with van der Waals surface area (Å²) in [6, 6.07) is 14.8. The van der Waals surface area contributed by atoms with E-state index in [9.17, 15) is 4.79 Å². The van der Waals surface area contributed by atoms with Gasteiger partial charge in [0.2, 0.25) is 5.91 Å². The molecule has 3 N–H and O–H groups in total. The van der Waals surface area contributed by atoms with Gasteiger partial charge in [0.15, 0.2) is 0 Å². The molecule has 1 unspecified atom stereocenters. The molecule has 24 heavy (non-hydrogen) atoms. The third-order valence-corrected chi connectivity index (χ3v) is 4.66. The fraction of sp³-hybridized carbons (Fsp3) is 0.111. The molecular weight excluding hydrogens is 342 g/mol. The van der Waals surface area contributed by atoms with Crippen LogP contribution in [-0.2, 0) is 4.79 Å². The van der Waals surface area contributed by atoms with Gasteiger partial charge >= 0.3 is 0 Å². The number of carbonyl (C=O) groups excluding carboxylic acids is 1. The van der Waals surface area contributed by atoms with E-state index in [2.05, 4.69) is 10.3 Å². The summed E-state index contributed by atoms with van der Waals surface area (Å²) in [5, 5.41) is 6.22. The van der Waals surface area contributed by atoms with Crippen LogP contribution in [0.2, 0.25) is 5.02 Å². The first-order valence-electron chi connectivity index (χ1n) is 7.37. The molecule has 0 bridgehead atoms. The number of halogens is 1. The molecule has 1 atom stereocenters. The molecule has 0 aliphatic carbocycles. The number of rotatable bonds is 4. The Kier molecular flexibility index (Phi) is 4.94. The summed E-state index contributed by atoms with van der Waals surface area (Å²) in [5.74, 6) is -0.0915. The minimum Gasteiger partial charge on any atom is -0.326 e. The zero-order chi connectivity index (χ0) is 17.1. The third kappa shape index (κ3) is 3.82. The van der Waals surface area contributed by atoms with E-state index in [1.54, 1.807) is 0 Å². The van der Waals surface area contributed by atoms with Crippen LogP contribution in [0.5, 0.6) is 0 Å². The standard InChI is InChI=1S/C18H16ClN3OS/c1-11(23)21-15-7-5-12(6-8-15)16-10-24-18(22-16)17(20)13-3-2-4-14(19)9-13/h2-10,17H,20H2,1H3,(H,21,23). The van der Waals surface area contributed by atoms with Gasteiger partial charge in [-0.1, -0.05) is 35.9 Å². The van der Waals surface area contributed by atoms with Gasteiger partial charge in [0.05, 0.1) is 11.7 Å². The van der Waals surface area contributed by atoms with Crippen molar-refractivity contribution >= 4 is 34.5 Å². The second kappa shape index (κ2) is 7.13. The molecule has 6 heteroatoms. The van der Waals surface area contributed by atoms with Gasteiger partial charge in [0.1, 0.15) is 5.01 Å². The molecular formula is C18H16ClN3OS. The highest BCUT2D eigenvalue weighted by Crippen LogP contribution is 2.29. The molecule has 122 valence electrons. The van der Waals surface area contributed by atoms with Gasteiger partial charge < -0.3 is 11.1 Å². The number of anilines is 1. The molecule has 4 nitrogen and oxygen atoms in total. The maximum absolute atomic E-state index is 11.1. The number of aromatic nitrogens is 1. The Hall–Kier alpha value is -2.21. The number of nitrogens with two attached hydrogens (primary N) is 1. The van der Waals surface area contributed by atoms with Crippen molar-refractivity contribution in [3.8, 4) is 11.3 Å². The molecule has 1 heterocycles. The molecule has 3 rings (SSSR count). The SMILES string of the molecule is CC(=O)Nc1ccc(-c2csc(C(N)c3cccc(Cl)c3)n2)cc1. The average Bonchev–Trinajstić information content (AvgIpc) is 3.04. The Morgan fingerprint density at radius 3 is 2.67 bits per heavy atom. The van der Waals surface area contributed by atoms with Gasteiger partial charge in [-0.25, -0.2) is 4.98 Å². The Bertz CT molecular complexity index is 861. The van der Waals surface area contributed by atoms with Crippen LogP contribution in [0.15, 0.2) is 53.9 Å². The van der Waals surface area contributed by atoms with E-state index in [4.69, 9.17) is 17.3 Å². The lowest BCUT2D eigenvalue weighted by Crippen LogP contribution is -2.11. The summed E-state index contributed by atoms with van der Waals surface area (Å²) in [6.07, 6.45) is 0. The van der Waals surface area contributed by atoms with Crippen LogP contribution < -0.4 is 11.1 Å². The monoisotopic (exact) mass is 357 g/mol. The first-order chi connectivity index (χ1) is 11.5. The second-order valence-electron chi connectivity index (χ2n) is 5.36. The quantitative estimate of drug-likeness (QED) is 0.723. The minimum atomic E-state index is -0.305. The number of thiazole rings is 1. The highest BCUT2D eigenvalue weighted by Gasteiger charge is 2.14. The zero-order valence-corrected chi connectivity index (χ0v) is 14.6. The fourth-order valence-corrected chi connectivity index (χ4v) is 3.39. The first-order valence-corrected chi connectivity index (χ1v) is 8.63. The van der Waals surface area contributed by atoms with Crippen molar-refractivity contribution in [2.24, 2.45) is 5.73 Å². The number of hydrogen-bond acceptors (Lipinski definition) is 4. The predicted octanol–water partition coefficient (Wildman–Crippen LogP) is 4.47. The van der Waals surface area contributed by atoms with Crippen LogP contribution in [0.1, 0.15) is 23.5 Å². The summed E-state index contributed by atoms with van der Waals surface area (Å²) in [4.78, 5) is 15.7. The van der Waals surface area contributed by atoms with Gasteiger partial charge in [0, 0.05) is 28.6 Å². The first kappa shape index (κ1) is 16.6. The van der Waals surface area contributed by atoms with Crippen molar-refractivity contribution in [1.29, 1.82) is 0 Å². The normalized spacial score (nSPS) is 12.0. The molecule has 0 spiro atoms. The van der Waals surface area contributed by atoms with Gasteiger partial charge in [-0.15, -0.1) is 11.3 Å². The van der Waals surface area contributed by atoms with Crippen molar-refractivity contribution in [2.75, 3.05) is 5.32 Å². The van der Waals surface area contributed by atoms with E-state index in [0.717, 1.165) is 27.5 Å². The van der Waals surface area contributed by atoms with Crippen molar-refractivity contribution in [3.63, 3.8) is 0 Å². The van der Waals surface area contributed by atoms with Crippen molar-refractivity contribution in [3.05, 3.63) is 69.5 Å². The van der Waals surface area contributed by atoms with Crippen LogP contribution in [0.3, 0.4) is 0 Å². The number of nitrogens with zero attached hydrogens (tertiary/aromatic N) is 1. The molecule has 0 saturated heterocycles. The third-order valence-electron chi connectivity index (χ3n) is 3.50. The van der Waals surface area contributed by atoms with Crippen LogP contribution >= 0.6 is 22.9 Å². The number of amides is 1. The molecule has 0 fully saturated rings. The van der Waals surface area contributed by atoms with E-state index in [1.165, 1.54) is 18.3 Å². The van der Waals surface area contributed by atoms with Crippen molar-refractivity contribution in [2.45, 2.75) is 13.0 Å². The van der Waals surface area contributed by atoms with Gasteiger partial charge in [-0.05, 0) is 29.8 Å². The molecule has 2 aromatic carbocycles. The van der Waals surface area contributed by atoms with Crippen LogP contribution in [0, 0.1) is 0 Å². The average molecular weight is 358 g/mol. The van der Waals surface area contributed by atoms with E-state index in [0.29, 0.717) is 5.02 Å². The highest BCUT2D eigenvalue weighted by atomic mass is 35.5. The Labute approximate surface area is 149 Å². The molecule has 3 aromatic rings. The lowest BCUT2D eigenvalue weighted by Gasteiger charge is -2.09. The van der Waals surface area contributed by atoms with E-state index in [-0.39, 0.29) is 11.9 Å². The van der Waals surface area contributed by atoms with Crippen LogP contribution in [0.4, 0.5) is 5.69 Å². The fourth-order valence-electron chi connectivity index (χ4n) is 2.33. The van der Waals surface area contributed by atoms with Gasteiger partial charge in [-0.2, -0.15) is 0 Å². The summed E-state index contributed by atoms with van der Waals surface area (Å²) >= 11 is 7.54. The molecule has 0 aliphatic heterocycles. The smallest absolute Gasteiger partial charge is 0.221 e. The summed E-state index contributed by atoms with van der Waals surface area (Å²) in [5.41, 5.74) is 9.83. The Morgan fingerprint density at radius 2 is 2.00 bits per heavy atom. The van der Waals surface area contributed by atoms with Crippen molar-refractivity contribution in [1.82, 2.24) is 4.98 Å². The number of benzene rings is 2. The van der Waals surface area contributed by atoms with Crippen molar-refractivity contribution < 1.29 is 4.79 Å². The predicted molar refractivity (Wildman–Crippen MR) is 99.3 cm³/mol. The topological polar surface area (TPSA) is 68.0 Å². The summed E-state index contributed by atoms with van der Waals surface area (Å²) in [6.45, 7) is 1.48. The molecule has 1 aromatic heterocycles. The molecule has 1 amide bonds. The van der Waals surface area contributed by atoms with Crippen LogP contribution in [0.25, 0.3) is 11.3 Å². The van der Waals surface area contributed by atoms with Gasteiger partial charge in [-0.3, -0.25) is 4.79 Å². The van der Waals surface area contributed by atoms with E-state index < -0.39 is 0 Å². The maximum Gasteiger partial charge on any atom is 0.221 e. The lowest BCUT2D eigenvalue weighted by atomic mass is 10.1. The van der Waals surface area contributed by atoms with Gasteiger partial charge in [0.25, 0.3) is 0 Å². The van der Waals surface area contributed by atoms with Crippen LogP contribution in [-0.4, -0.2) is 10.9 Å². The molecule has 0 radical (unpaired) electrons. The van der Waals surface area contributed by atoms with E-state index >= 15 is 0 Å². The van der Waals surface area contributed by atoms with E-state index in [1.807, 2.05) is 53.9 Å². The molecule has 0 aliphatic rings. The Morgan fingerprint density at radius 1 is 1.25 bits per heavy atom. The number of carbonyl (C=O) groups is 1. The second-order valence-corrected chi connectivity index (χ2v) is 6.69. The largest absolute Gasteiger partial charge is 0.326 e. The highest BCUT2D eigenvalue weighted by molar-refractivity contribution is 7.10. The Balaban J connectivity index is 1.81.